The number of benzene rings is 2. The van der Waals surface area contributed by atoms with Crippen molar-refractivity contribution in [3.8, 4) is 11.6 Å². The van der Waals surface area contributed by atoms with Gasteiger partial charge in [-0.15, -0.1) is 0 Å². The van der Waals surface area contributed by atoms with Crippen molar-refractivity contribution in [2.24, 2.45) is 5.92 Å². The number of nitrogens with zero attached hydrogens (tertiary/aromatic N) is 2. The van der Waals surface area contributed by atoms with Gasteiger partial charge in [-0.1, -0.05) is 54.1 Å². The van der Waals surface area contributed by atoms with E-state index in [9.17, 15) is 4.79 Å². The van der Waals surface area contributed by atoms with Crippen molar-refractivity contribution < 1.29 is 14.3 Å². The third-order valence-corrected chi connectivity index (χ3v) is 8.06. The van der Waals surface area contributed by atoms with Crippen molar-refractivity contribution in [1.29, 1.82) is 0 Å². The first kappa shape index (κ1) is 26.5. The Hall–Kier alpha value is -3.09. The van der Waals surface area contributed by atoms with Crippen molar-refractivity contribution in [2.45, 2.75) is 58.2 Å². The second kappa shape index (κ2) is 11.7. The highest BCUT2D eigenvalue weighted by Crippen LogP contribution is 2.37. The molecule has 2 atom stereocenters. The normalized spacial score (nSPS) is 19.2. The van der Waals surface area contributed by atoms with Gasteiger partial charge in [-0.3, -0.25) is 4.79 Å². The molecule has 1 aliphatic heterocycles. The van der Waals surface area contributed by atoms with Crippen LogP contribution in [0.25, 0.3) is 0 Å². The fourth-order valence-electron chi connectivity index (χ4n) is 5.39. The monoisotopic (exact) mass is 533 g/mol. The van der Waals surface area contributed by atoms with Crippen molar-refractivity contribution in [3.05, 3.63) is 87.6 Å². The number of nitrogens with one attached hydrogen (secondary N) is 1. The molecule has 0 bridgehead atoms. The van der Waals surface area contributed by atoms with E-state index in [1.165, 1.54) is 22.3 Å². The number of carbonyl (C=O) groups is 1. The summed E-state index contributed by atoms with van der Waals surface area (Å²) < 4.78 is 11.2. The van der Waals surface area contributed by atoms with Gasteiger partial charge in [-0.25, -0.2) is 4.98 Å². The molecule has 200 valence electrons. The van der Waals surface area contributed by atoms with E-state index in [4.69, 9.17) is 21.1 Å². The summed E-state index contributed by atoms with van der Waals surface area (Å²) in [6.07, 6.45) is 3.12. The SMILES string of the molecule is COc1cc(OCc2cccc([C@H]3CCNC[C@@H]3C(=O)N(Cc3cccc(C)c3C)C3CC3)c2)cc(Cl)n1. The number of aryl methyl sites for hydroxylation is 1. The largest absolute Gasteiger partial charge is 0.489 e. The molecule has 2 heterocycles. The molecule has 5 rings (SSSR count). The number of carbonyl (C=O) groups excluding carboxylic acids is 1. The highest BCUT2D eigenvalue weighted by molar-refractivity contribution is 6.29. The van der Waals surface area contributed by atoms with E-state index < -0.39 is 0 Å². The number of hydrogen-bond acceptors (Lipinski definition) is 5. The number of rotatable bonds is 9. The molecule has 3 aromatic rings. The minimum atomic E-state index is -0.0890. The highest BCUT2D eigenvalue weighted by atomic mass is 35.5. The van der Waals surface area contributed by atoms with E-state index in [0.717, 1.165) is 31.4 Å². The summed E-state index contributed by atoms with van der Waals surface area (Å²) in [4.78, 5) is 20.3. The van der Waals surface area contributed by atoms with Crippen molar-refractivity contribution in [3.63, 3.8) is 0 Å². The van der Waals surface area contributed by atoms with Gasteiger partial charge in [-0.2, -0.15) is 0 Å². The van der Waals surface area contributed by atoms with Gasteiger partial charge in [0.2, 0.25) is 11.8 Å². The summed E-state index contributed by atoms with van der Waals surface area (Å²) in [5.41, 5.74) is 6.05. The molecule has 6 nitrogen and oxygen atoms in total. The Balaban J connectivity index is 1.33. The second-order valence-corrected chi connectivity index (χ2v) is 10.9. The summed E-state index contributed by atoms with van der Waals surface area (Å²) in [5.74, 6) is 1.37. The van der Waals surface area contributed by atoms with Gasteiger partial charge >= 0.3 is 0 Å². The van der Waals surface area contributed by atoms with Crippen LogP contribution in [-0.2, 0) is 17.9 Å². The molecule has 1 saturated heterocycles. The molecule has 0 spiro atoms. The minimum absolute atomic E-state index is 0.0890. The lowest BCUT2D eigenvalue weighted by atomic mass is 9.79. The number of methoxy groups -OCH3 is 1. The number of halogens is 1. The van der Waals surface area contributed by atoms with Gasteiger partial charge in [0.15, 0.2) is 0 Å². The van der Waals surface area contributed by atoms with Crippen molar-refractivity contribution >= 4 is 17.5 Å². The van der Waals surface area contributed by atoms with Crippen LogP contribution in [0.5, 0.6) is 11.6 Å². The van der Waals surface area contributed by atoms with Crippen LogP contribution in [0.2, 0.25) is 5.15 Å². The zero-order valence-electron chi connectivity index (χ0n) is 22.4. The van der Waals surface area contributed by atoms with Crippen LogP contribution in [0.1, 0.15) is 53.0 Å². The average molecular weight is 534 g/mol. The molecular weight excluding hydrogens is 498 g/mol. The topological polar surface area (TPSA) is 63.7 Å². The first-order valence-electron chi connectivity index (χ1n) is 13.4. The Morgan fingerprint density at radius 1 is 1.11 bits per heavy atom. The molecule has 2 aromatic carbocycles. The van der Waals surface area contributed by atoms with Crippen LogP contribution in [0.4, 0.5) is 0 Å². The van der Waals surface area contributed by atoms with Crippen LogP contribution >= 0.6 is 11.6 Å². The number of amides is 1. The maximum atomic E-state index is 14.1. The van der Waals surface area contributed by atoms with Gasteiger partial charge in [0, 0.05) is 31.3 Å². The summed E-state index contributed by atoms with van der Waals surface area (Å²) in [5, 5.41) is 3.81. The lowest BCUT2D eigenvalue weighted by Crippen LogP contribution is -2.47. The van der Waals surface area contributed by atoms with Crippen LogP contribution < -0.4 is 14.8 Å². The zero-order valence-corrected chi connectivity index (χ0v) is 23.1. The first-order valence-corrected chi connectivity index (χ1v) is 13.8. The molecule has 1 N–H and O–H groups in total. The predicted octanol–water partition coefficient (Wildman–Crippen LogP) is 5.82. The van der Waals surface area contributed by atoms with Crippen molar-refractivity contribution in [2.75, 3.05) is 20.2 Å². The number of hydrogen-bond donors (Lipinski definition) is 1. The Kier molecular flexibility index (Phi) is 8.20. The Labute approximate surface area is 230 Å². The Morgan fingerprint density at radius 3 is 2.71 bits per heavy atom. The fraction of sp³-hybridized carbons (Fsp3) is 0.419. The van der Waals surface area contributed by atoms with Gasteiger partial charge in [0.05, 0.1) is 13.0 Å². The number of ether oxygens (including phenoxy) is 2. The van der Waals surface area contributed by atoms with Gasteiger partial charge in [-0.05, 0) is 73.4 Å². The van der Waals surface area contributed by atoms with Crippen LogP contribution in [-0.4, -0.2) is 42.0 Å². The molecule has 2 fully saturated rings. The van der Waals surface area contributed by atoms with E-state index in [-0.39, 0.29) is 17.7 Å². The lowest BCUT2D eigenvalue weighted by Gasteiger charge is -2.36. The minimum Gasteiger partial charge on any atom is -0.489 e. The molecule has 1 saturated carbocycles. The predicted molar refractivity (Wildman–Crippen MR) is 150 cm³/mol. The average Bonchev–Trinajstić information content (AvgIpc) is 3.78. The second-order valence-electron chi connectivity index (χ2n) is 10.5. The van der Waals surface area contributed by atoms with Crippen LogP contribution in [0, 0.1) is 19.8 Å². The van der Waals surface area contributed by atoms with Gasteiger partial charge in [0.25, 0.3) is 0 Å². The first-order chi connectivity index (χ1) is 18.4. The van der Waals surface area contributed by atoms with E-state index >= 15 is 0 Å². The summed E-state index contributed by atoms with van der Waals surface area (Å²) in [6, 6.07) is 18.6. The summed E-state index contributed by atoms with van der Waals surface area (Å²) in [7, 11) is 1.55. The quantitative estimate of drug-likeness (QED) is 0.351. The standard InChI is InChI=1S/C31H36ClN3O3/c1-20-6-4-9-24(21(20)2)18-35(25-10-11-25)31(36)28-17-33-13-12-27(28)23-8-5-7-22(14-23)19-38-26-15-29(32)34-30(16-26)37-3/h4-9,14-16,25,27-28,33H,10-13,17-19H2,1-3H3/t27-,28+/m1/s1. The molecular formula is C31H36ClN3O3. The van der Waals surface area contributed by atoms with Crippen LogP contribution in [0.15, 0.2) is 54.6 Å². The van der Waals surface area contributed by atoms with E-state index in [1.807, 2.05) is 0 Å². The van der Waals surface area contributed by atoms with Gasteiger partial charge in [0.1, 0.15) is 17.5 Å². The molecule has 1 aliphatic carbocycles. The van der Waals surface area contributed by atoms with E-state index in [0.29, 0.717) is 42.5 Å². The third kappa shape index (κ3) is 6.13. The van der Waals surface area contributed by atoms with Crippen LogP contribution in [0.3, 0.4) is 0 Å². The van der Waals surface area contributed by atoms with E-state index in [1.54, 1.807) is 19.2 Å². The fourth-order valence-corrected chi connectivity index (χ4v) is 5.58. The maximum Gasteiger partial charge on any atom is 0.228 e. The van der Waals surface area contributed by atoms with Gasteiger partial charge < -0.3 is 19.7 Å². The molecule has 2 aliphatic rings. The highest BCUT2D eigenvalue weighted by Gasteiger charge is 2.40. The molecule has 7 heteroatoms. The number of aromatic nitrogens is 1. The number of piperidine rings is 1. The Morgan fingerprint density at radius 2 is 1.92 bits per heavy atom. The maximum absolute atomic E-state index is 14.1. The molecule has 0 radical (unpaired) electrons. The zero-order chi connectivity index (χ0) is 26.6. The summed E-state index contributed by atoms with van der Waals surface area (Å²) >= 11 is 6.09. The lowest BCUT2D eigenvalue weighted by molar-refractivity contribution is -0.138. The smallest absolute Gasteiger partial charge is 0.228 e. The molecule has 38 heavy (non-hydrogen) atoms. The Bertz CT molecular complexity index is 1290. The molecule has 0 unspecified atom stereocenters. The number of pyridine rings is 1. The molecule has 1 aromatic heterocycles. The molecule has 1 amide bonds. The third-order valence-electron chi connectivity index (χ3n) is 7.87. The van der Waals surface area contributed by atoms with Crippen molar-refractivity contribution in [1.82, 2.24) is 15.2 Å². The summed E-state index contributed by atoms with van der Waals surface area (Å²) in [6.45, 7) is 6.99. The van der Waals surface area contributed by atoms with E-state index in [2.05, 4.69) is 71.5 Å².